The number of nitrogens with one attached hydrogen (secondary N) is 1. The van der Waals surface area contributed by atoms with Crippen LogP contribution in [0.2, 0.25) is 0 Å². The third kappa shape index (κ3) is 2.57. The lowest BCUT2D eigenvalue weighted by molar-refractivity contribution is -0.116. The largest absolute Gasteiger partial charge is 0.311 e. The average Bonchev–Trinajstić information content (AvgIpc) is 3.16. The van der Waals surface area contributed by atoms with E-state index < -0.39 is 9.84 Å². The van der Waals surface area contributed by atoms with Crippen LogP contribution in [0.4, 0.5) is 5.82 Å². The fourth-order valence-electron chi connectivity index (χ4n) is 4.10. The second-order valence-electron chi connectivity index (χ2n) is 6.96. The van der Waals surface area contributed by atoms with Crippen LogP contribution in [-0.4, -0.2) is 45.4 Å². The zero-order valence-electron chi connectivity index (χ0n) is 14.5. The first-order valence-electron chi connectivity index (χ1n) is 8.34. The van der Waals surface area contributed by atoms with E-state index in [2.05, 4.69) is 15.5 Å². The smallest absolute Gasteiger partial charge is 0.226 e. The molecule has 2 atom stereocenters. The number of hydrogen-bond acceptors (Lipinski definition) is 5. The van der Waals surface area contributed by atoms with E-state index in [0.717, 1.165) is 28.3 Å². The molecule has 8 nitrogen and oxygen atoms in total. The van der Waals surface area contributed by atoms with E-state index in [0.29, 0.717) is 12.8 Å². The van der Waals surface area contributed by atoms with Crippen molar-refractivity contribution in [2.45, 2.75) is 38.6 Å². The van der Waals surface area contributed by atoms with Gasteiger partial charge in [0.25, 0.3) is 0 Å². The summed E-state index contributed by atoms with van der Waals surface area (Å²) < 4.78 is 27.2. The molecule has 1 saturated heterocycles. The molecule has 4 heterocycles. The van der Waals surface area contributed by atoms with Crippen molar-refractivity contribution in [3.05, 3.63) is 28.7 Å². The first-order chi connectivity index (χ1) is 11.8. The number of hydrogen-bond donors (Lipinski definition) is 1. The lowest BCUT2D eigenvalue weighted by atomic mass is 9.86. The Labute approximate surface area is 146 Å². The van der Waals surface area contributed by atoms with Crippen molar-refractivity contribution in [1.82, 2.24) is 19.6 Å². The molecule has 0 unspecified atom stereocenters. The summed E-state index contributed by atoms with van der Waals surface area (Å²) >= 11 is 0. The van der Waals surface area contributed by atoms with Gasteiger partial charge in [0.15, 0.2) is 9.84 Å². The minimum atomic E-state index is -2.98. The van der Waals surface area contributed by atoms with Crippen LogP contribution < -0.4 is 5.32 Å². The van der Waals surface area contributed by atoms with Crippen LogP contribution in [-0.2, 0) is 21.7 Å². The van der Waals surface area contributed by atoms with Gasteiger partial charge in [-0.3, -0.25) is 14.2 Å². The number of aromatic nitrogens is 4. The Bertz CT molecular complexity index is 972. The minimum absolute atomic E-state index is 0.0453. The van der Waals surface area contributed by atoms with Crippen LogP contribution in [0.5, 0.6) is 0 Å². The summed E-state index contributed by atoms with van der Waals surface area (Å²) in [6.45, 7) is 3.88. The average molecular weight is 363 g/mol. The van der Waals surface area contributed by atoms with E-state index in [-0.39, 0.29) is 29.4 Å². The minimum Gasteiger partial charge on any atom is -0.311 e. The molecule has 0 aliphatic carbocycles. The molecule has 0 spiro atoms. The number of sulfone groups is 1. The third-order valence-electron chi connectivity index (χ3n) is 5.27. The first kappa shape index (κ1) is 16.3. The first-order valence-corrected chi connectivity index (χ1v) is 10.2. The molecule has 4 rings (SSSR count). The summed E-state index contributed by atoms with van der Waals surface area (Å²) in [7, 11) is -1.18. The number of carbonyl (C=O) groups excluding carboxylic acids is 1. The fraction of sp³-hybridized carbons (Fsp3) is 0.562. The Kier molecular flexibility index (Phi) is 3.54. The Morgan fingerprint density at radius 3 is 2.76 bits per heavy atom. The summed E-state index contributed by atoms with van der Waals surface area (Å²) in [6, 6.07) is -0.122. The maximum atomic E-state index is 12.2. The summed E-state index contributed by atoms with van der Waals surface area (Å²) in [5, 5.41) is 11.8. The molecule has 2 aromatic rings. The summed E-state index contributed by atoms with van der Waals surface area (Å²) in [5.74, 6) is 0.915. The zero-order valence-corrected chi connectivity index (χ0v) is 15.3. The number of amides is 1. The second-order valence-corrected chi connectivity index (χ2v) is 9.19. The van der Waals surface area contributed by atoms with Gasteiger partial charge in [-0.2, -0.15) is 10.2 Å². The molecule has 1 amide bonds. The number of rotatable bonds is 2. The maximum Gasteiger partial charge on any atom is 0.226 e. The highest BCUT2D eigenvalue weighted by Crippen LogP contribution is 2.40. The standard InChI is InChI=1S/C16H21N5O3S/c1-9-15(10(2)21(19-9)11-4-5-25(23,24)8-11)12-6-14(22)18-16-13(12)7-17-20(16)3/h7,11-12H,4-6,8H2,1-3H3,(H,18,22)/t11-,12-/m0/s1. The number of nitrogens with zero attached hydrogens (tertiary/aromatic N) is 4. The molecule has 1 N–H and O–H groups in total. The monoisotopic (exact) mass is 363 g/mol. The van der Waals surface area contributed by atoms with Gasteiger partial charge in [0.2, 0.25) is 5.91 Å². The van der Waals surface area contributed by atoms with E-state index in [1.807, 2.05) is 18.5 Å². The van der Waals surface area contributed by atoms with Crippen LogP contribution >= 0.6 is 0 Å². The van der Waals surface area contributed by atoms with Crippen LogP contribution in [0.3, 0.4) is 0 Å². The van der Waals surface area contributed by atoms with Gasteiger partial charge in [0.1, 0.15) is 5.82 Å². The Balaban J connectivity index is 1.78. The molecule has 2 aliphatic rings. The molecule has 0 bridgehead atoms. The van der Waals surface area contributed by atoms with Crippen molar-refractivity contribution in [3.63, 3.8) is 0 Å². The van der Waals surface area contributed by atoms with Gasteiger partial charge in [0.05, 0.1) is 29.4 Å². The molecule has 2 aliphatic heterocycles. The van der Waals surface area contributed by atoms with Gasteiger partial charge in [-0.15, -0.1) is 0 Å². The Hall–Kier alpha value is -2.16. The molecule has 25 heavy (non-hydrogen) atoms. The number of aryl methyl sites for hydroxylation is 2. The SMILES string of the molecule is Cc1nn([C@H]2CCS(=O)(=O)C2)c(C)c1[C@H]1CC(=O)Nc2c1cnn2C. The molecule has 9 heteroatoms. The van der Waals surface area contributed by atoms with Crippen molar-refractivity contribution in [1.29, 1.82) is 0 Å². The van der Waals surface area contributed by atoms with E-state index in [4.69, 9.17) is 0 Å². The lowest BCUT2D eigenvalue weighted by Gasteiger charge is -2.23. The van der Waals surface area contributed by atoms with Crippen LogP contribution in [0.1, 0.15) is 47.3 Å². The number of anilines is 1. The van der Waals surface area contributed by atoms with Crippen molar-refractivity contribution in [2.75, 3.05) is 16.8 Å². The summed E-state index contributed by atoms with van der Waals surface area (Å²) in [6.07, 6.45) is 2.72. The second kappa shape index (κ2) is 5.42. The van der Waals surface area contributed by atoms with Gasteiger partial charge in [-0.25, -0.2) is 8.42 Å². The van der Waals surface area contributed by atoms with Crippen molar-refractivity contribution in [3.8, 4) is 0 Å². The van der Waals surface area contributed by atoms with Crippen molar-refractivity contribution < 1.29 is 13.2 Å². The highest BCUT2D eigenvalue weighted by molar-refractivity contribution is 7.91. The number of carbonyl (C=O) groups is 1. The highest BCUT2D eigenvalue weighted by Gasteiger charge is 2.36. The van der Waals surface area contributed by atoms with Gasteiger partial charge < -0.3 is 5.32 Å². The predicted molar refractivity (Wildman–Crippen MR) is 92.3 cm³/mol. The van der Waals surface area contributed by atoms with Gasteiger partial charge in [0, 0.05) is 36.2 Å². The van der Waals surface area contributed by atoms with Gasteiger partial charge in [-0.1, -0.05) is 0 Å². The molecule has 0 aromatic carbocycles. The van der Waals surface area contributed by atoms with Gasteiger partial charge in [-0.05, 0) is 20.3 Å². The molecule has 0 saturated carbocycles. The van der Waals surface area contributed by atoms with Gasteiger partial charge >= 0.3 is 0 Å². The normalized spacial score (nSPS) is 25.0. The maximum absolute atomic E-state index is 12.2. The van der Waals surface area contributed by atoms with Crippen molar-refractivity contribution in [2.24, 2.45) is 7.05 Å². The topological polar surface area (TPSA) is 98.9 Å². The predicted octanol–water partition coefficient (Wildman–Crippen LogP) is 1.07. The third-order valence-corrected chi connectivity index (χ3v) is 7.02. The van der Waals surface area contributed by atoms with Crippen LogP contribution in [0, 0.1) is 13.8 Å². The molecule has 1 fully saturated rings. The summed E-state index contributed by atoms with van der Waals surface area (Å²) in [4.78, 5) is 12.2. The number of fused-ring (bicyclic) bond motifs is 1. The van der Waals surface area contributed by atoms with Crippen LogP contribution in [0.15, 0.2) is 6.20 Å². The summed E-state index contributed by atoms with van der Waals surface area (Å²) in [5.41, 5.74) is 3.77. The Morgan fingerprint density at radius 2 is 2.08 bits per heavy atom. The van der Waals surface area contributed by atoms with E-state index in [9.17, 15) is 13.2 Å². The molecular formula is C16H21N5O3S. The molecular weight excluding hydrogens is 342 g/mol. The van der Waals surface area contributed by atoms with E-state index in [1.165, 1.54) is 0 Å². The van der Waals surface area contributed by atoms with Crippen LogP contribution in [0.25, 0.3) is 0 Å². The lowest BCUT2D eigenvalue weighted by Crippen LogP contribution is -2.25. The molecule has 0 radical (unpaired) electrons. The Morgan fingerprint density at radius 1 is 1.32 bits per heavy atom. The van der Waals surface area contributed by atoms with Crippen molar-refractivity contribution >= 4 is 21.6 Å². The zero-order chi connectivity index (χ0) is 17.9. The van der Waals surface area contributed by atoms with E-state index >= 15 is 0 Å². The molecule has 134 valence electrons. The van der Waals surface area contributed by atoms with E-state index in [1.54, 1.807) is 17.9 Å². The molecule has 2 aromatic heterocycles. The fourth-order valence-corrected chi connectivity index (χ4v) is 5.79. The quantitative estimate of drug-likeness (QED) is 0.860. The highest BCUT2D eigenvalue weighted by atomic mass is 32.2.